The van der Waals surface area contributed by atoms with Gasteiger partial charge in [0.05, 0.1) is 28.7 Å². The number of rotatable bonds is 8. The second-order valence-corrected chi connectivity index (χ2v) is 9.63. The largest absolute Gasteiger partial charge is 0.379 e. The van der Waals surface area contributed by atoms with Crippen molar-refractivity contribution in [2.24, 2.45) is 0 Å². The van der Waals surface area contributed by atoms with Crippen molar-refractivity contribution in [2.75, 3.05) is 32.8 Å². The zero-order valence-corrected chi connectivity index (χ0v) is 17.8. The molecule has 1 saturated heterocycles. The fraction of sp³-hybridized carbons (Fsp3) is 0.474. The Kier molecular flexibility index (Phi) is 7.33. The van der Waals surface area contributed by atoms with Crippen LogP contribution < -0.4 is 5.32 Å². The molecule has 0 atom stereocenters. The van der Waals surface area contributed by atoms with Gasteiger partial charge in [-0.15, -0.1) is 11.3 Å². The number of carbonyl (C=O) groups is 1. The van der Waals surface area contributed by atoms with Crippen LogP contribution in [-0.4, -0.2) is 56.5 Å². The van der Waals surface area contributed by atoms with E-state index in [0.29, 0.717) is 19.8 Å². The Labute approximate surface area is 174 Å². The molecule has 7 nitrogen and oxygen atoms in total. The highest BCUT2D eigenvalue weighted by Crippen LogP contribution is 2.20. The van der Waals surface area contributed by atoms with Crippen molar-refractivity contribution in [1.82, 2.24) is 14.6 Å². The highest BCUT2D eigenvalue weighted by atomic mass is 32.2. The van der Waals surface area contributed by atoms with Crippen molar-refractivity contribution in [2.45, 2.75) is 31.1 Å². The molecule has 0 saturated carbocycles. The van der Waals surface area contributed by atoms with Crippen LogP contribution >= 0.6 is 11.3 Å². The van der Waals surface area contributed by atoms with Crippen molar-refractivity contribution >= 4 is 27.3 Å². The third-order valence-corrected chi connectivity index (χ3v) is 7.48. The number of morpholine rings is 1. The smallest absolute Gasteiger partial charge is 0.254 e. The summed E-state index contributed by atoms with van der Waals surface area (Å²) in [6, 6.07) is 3.31. The maximum atomic E-state index is 14.2. The van der Waals surface area contributed by atoms with Crippen LogP contribution in [0.3, 0.4) is 0 Å². The molecule has 1 aromatic carbocycles. The number of aryl methyl sites for hydroxylation is 2. The number of benzene rings is 1. The van der Waals surface area contributed by atoms with Crippen LogP contribution in [0.25, 0.3) is 0 Å². The van der Waals surface area contributed by atoms with Crippen LogP contribution in [0.15, 0.2) is 28.5 Å². The van der Waals surface area contributed by atoms with E-state index in [-0.39, 0.29) is 23.5 Å². The minimum Gasteiger partial charge on any atom is -0.379 e. The molecule has 0 unspecified atom stereocenters. The Balaban J connectivity index is 1.57. The van der Waals surface area contributed by atoms with Gasteiger partial charge in [0.1, 0.15) is 5.82 Å². The van der Waals surface area contributed by atoms with Gasteiger partial charge in [-0.1, -0.05) is 0 Å². The molecule has 29 heavy (non-hydrogen) atoms. The van der Waals surface area contributed by atoms with E-state index in [1.807, 2.05) is 12.3 Å². The van der Waals surface area contributed by atoms with Crippen LogP contribution in [0.5, 0.6) is 0 Å². The highest BCUT2D eigenvalue weighted by Gasteiger charge is 2.27. The number of hydrogen-bond donors (Lipinski definition) is 1. The second kappa shape index (κ2) is 9.75. The zero-order valence-electron chi connectivity index (χ0n) is 16.2. The normalized spacial score (nSPS) is 15.4. The van der Waals surface area contributed by atoms with Crippen molar-refractivity contribution < 1.29 is 22.3 Å². The molecular weight excluding hydrogens is 417 g/mol. The molecule has 158 valence electrons. The monoisotopic (exact) mass is 441 g/mol. The van der Waals surface area contributed by atoms with Gasteiger partial charge < -0.3 is 10.1 Å². The molecule has 1 aromatic heterocycles. The summed E-state index contributed by atoms with van der Waals surface area (Å²) in [7, 11) is -3.79. The van der Waals surface area contributed by atoms with Gasteiger partial charge in [0, 0.05) is 30.7 Å². The number of nitrogens with zero attached hydrogens (tertiary/aromatic N) is 2. The highest BCUT2D eigenvalue weighted by molar-refractivity contribution is 7.89. The topological polar surface area (TPSA) is 88.6 Å². The first kappa shape index (κ1) is 21.8. The Morgan fingerprint density at radius 3 is 2.76 bits per heavy atom. The van der Waals surface area contributed by atoms with Crippen LogP contribution in [0.1, 0.15) is 33.9 Å². The summed E-state index contributed by atoms with van der Waals surface area (Å²) in [5, 5.41) is 5.72. The molecule has 1 N–H and O–H groups in total. The zero-order chi connectivity index (χ0) is 20.9. The number of hydrogen-bond acceptors (Lipinski definition) is 6. The van der Waals surface area contributed by atoms with Gasteiger partial charge in [-0.3, -0.25) is 4.79 Å². The maximum absolute atomic E-state index is 14.2. The van der Waals surface area contributed by atoms with Crippen molar-refractivity contribution in [3.8, 4) is 0 Å². The summed E-state index contributed by atoms with van der Waals surface area (Å²) in [4.78, 5) is 16.7. The molecule has 0 aliphatic carbocycles. The third-order valence-electron chi connectivity index (χ3n) is 4.56. The SMILES string of the molecule is Cc1csc(CCCCNC(=O)c2cc(S(=O)(=O)N3CCOCC3)ccc2F)n1. The van der Waals surface area contributed by atoms with Gasteiger partial charge in [-0.25, -0.2) is 17.8 Å². The number of halogens is 1. The number of unbranched alkanes of at least 4 members (excludes halogenated alkanes) is 1. The van der Waals surface area contributed by atoms with E-state index >= 15 is 0 Å². The van der Waals surface area contributed by atoms with E-state index in [9.17, 15) is 17.6 Å². The van der Waals surface area contributed by atoms with E-state index in [1.54, 1.807) is 11.3 Å². The lowest BCUT2D eigenvalue weighted by molar-refractivity contribution is 0.0730. The van der Waals surface area contributed by atoms with E-state index in [4.69, 9.17) is 4.74 Å². The van der Waals surface area contributed by atoms with Crippen LogP contribution in [0.2, 0.25) is 0 Å². The van der Waals surface area contributed by atoms with Crippen LogP contribution in [0, 0.1) is 12.7 Å². The Morgan fingerprint density at radius 2 is 2.07 bits per heavy atom. The molecule has 0 radical (unpaired) electrons. The Hall–Kier alpha value is -1.88. The number of sulfonamides is 1. The lowest BCUT2D eigenvalue weighted by Crippen LogP contribution is -2.40. The van der Waals surface area contributed by atoms with Gasteiger partial charge >= 0.3 is 0 Å². The molecule has 1 aliphatic rings. The molecule has 1 amide bonds. The van der Waals surface area contributed by atoms with E-state index in [1.165, 1.54) is 10.4 Å². The quantitative estimate of drug-likeness (QED) is 0.636. The molecular formula is C19H24FN3O4S2. The van der Waals surface area contributed by atoms with Gasteiger partial charge in [0.25, 0.3) is 5.91 Å². The molecule has 2 aromatic rings. The summed E-state index contributed by atoms with van der Waals surface area (Å²) in [5.41, 5.74) is 0.732. The summed E-state index contributed by atoms with van der Waals surface area (Å²) < 4.78 is 46.0. The lowest BCUT2D eigenvalue weighted by Gasteiger charge is -2.26. The minimum absolute atomic E-state index is 0.0925. The first-order valence-electron chi connectivity index (χ1n) is 9.44. The summed E-state index contributed by atoms with van der Waals surface area (Å²) >= 11 is 1.61. The average molecular weight is 442 g/mol. The first-order chi connectivity index (χ1) is 13.9. The van der Waals surface area contributed by atoms with Gasteiger partial charge in [0.15, 0.2) is 0 Å². The van der Waals surface area contributed by atoms with Crippen molar-refractivity contribution in [3.63, 3.8) is 0 Å². The predicted octanol–water partition coefficient (Wildman–Crippen LogP) is 2.36. The fourth-order valence-corrected chi connectivity index (χ4v) is 5.24. The molecule has 10 heteroatoms. The van der Waals surface area contributed by atoms with Crippen molar-refractivity contribution in [1.29, 1.82) is 0 Å². The standard InChI is InChI=1S/C19H24FN3O4S2/c1-14-13-28-18(22-14)4-2-3-7-21-19(24)16-12-15(5-6-17(16)20)29(25,26)23-8-10-27-11-9-23/h5-6,12-13H,2-4,7-11H2,1H3,(H,21,24). The Bertz CT molecular complexity index is 956. The van der Waals surface area contributed by atoms with Crippen LogP contribution in [-0.2, 0) is 21.2 Å². The lowest BCUT2D eigenvalue weighted by atomic mass is 10.2. The molecule has 3 rings (SSSR count). The minimum atomic E-state index is -3.79. The number of carbonyl (C=O) groups excluding carboxylic acids is 1. The third kappa shape index (κ3) is 5.59. The first-order valence-corrected chi connectivity index (χ1v) is 11.8. The fourth-order valence-electron chi connectivity index (χ4n) is 2.99. The number of aromatic nitrogens is 1. The maximum Gasteiger partial charge on any atom is 0.254 e. The molecule has 1 fully saturated rings. The van der Waals surface area contributed by atoms with E-state index < -0.39 is 21.7 Å². The van der Waals surface area contributed by atoms with Gasteiger partial charge in [0.2, 0.25) is 10.0 Å². The number of thiazole rings is 1. The van der Waals surface area contributed by atoms with Crippen LogP contribution in [0.4, 0.5) is 4.39 Å². The predicted molar refractivity (Wildman–Crippen MR) is 108 cm³/mol. The second-order valence-electron chi connectivity index (χ2n) is 6.75. The number of amides is 1. The van der Waals surface area contributed by atoms with Gasteiger partial charge in [-0.05, 0) is 44.4 Å². The summed E-state index contributed by atoms with van der Waals surface area (Å²) in [6.07, 6.45) is 2.40. The van der Waals surface area contributed by atoms with Crippen molar-refractivity contribution in [3.05, 3.63) is 45.7 Å². The summed E-state index contributed by atoms with van der Waals surface area (Å²) in [6.45, 7) is 3.42. The van der Waals surface area contributed by atoms with Gasteiger partial charge in [-0.2, -0.15) is 4.31 Å². The average Bonchev–Trinajstić information content (AvgIpc) is 3.13. The Morgan fingerprint density at radius 1 is 1.31 bits per heavy atom. The van der Waals surface area contributed by atoms with E-state index in [2.05, 4.69) is 10.3 Å². The summed E-state index contributed by atoms with van der Waals surface area (Å²) in [5.74, 6) is -1.37. The number of nitrogens with one attached hydrogen (secondary N) is 1. The molecule has 1 aliphatic heterocycles. The molecule has 0 bridgehead atoms. The number of ether oxygens (including phenoxy) is 1. The van der Waals surface area contributed by atoms with E-state index in [0.717, 1.165) is 42.1 Å². The molecule has 0 spiro atoms. The molecule has 2 heterocycles.